The van der Waals surface area contributed by atoms with Crippen LogP contribution in [0.4, 0.5) is 0 Å². The third-order valence-corrected chi connectivity index (χ3v) is 23.6. The number of Topliss-reactive ketones (excluding diaryl/α,β-unsaturated/α-hetero) is 2. The summed E-state index contributed by atoms with van der Waals surface area (Å²) in [7, 11) is 0. The van der Waals surface area contributed by atoms with Gasteiger partial charge in [0.2, 0.25) is 76.8 Å². The molecule has 5 aromatic carbocycles. The Balaban J connectivity index is 1.37. The van der Waals surface area contributed by atoms with Gasteiger partial charge in [-0.1, -0.05) is 138 Å². The van der Waals surface area contributed by atoms with Gasteiger partial charge in [0.05, 0.1) is 37.3 Å². The molecule has 19 N–H and O–H groups in total. The highest BCUT2D eigenvalue weighted by Crippen LogP contribution is 2.30. The number of phenolic OH excluding ortho intramolecular Hbond substituents is 1. The number of nitrogens with one attached hydrogen (secondary N) is 11. The summed E-state index contributed by atoms with van der Waals surface area (Å²) in [6.07, 6.45) is -4.55. The number of benzene rings is 5. The zero-order valence-electron chi connectivity index (χ0n) is 71.1. The molecular formula is C87H113N13O22S3. The average Bonchev–Trinajstić information content (AvgIpc) is 0.818. The minimum atomic E-state index is -2.01. The zero-order valence-corrected chi connectivity index (χ0v) is 73.5. The monoisotopic (exact) mass is 1790 g/mol. The number of aromatic hydroxyl groups is 1. The number of rotatable bonds is 20. The van der Waals surface area contributed by atoms with Gasteiger partial charge in [0.15, 0.2) is 11.6 Å². The Kier molecular flexibility index (Phi) is 40.4. The van der Waals surface area contributed by atoms with Crippen molar-refractivity contribution >= 4 is 152 Å². The van der Waals surface area contributed by atoms with Crippen LogP contribution in [0, 0.1) is 23.2 Å². The van der Waals surface area contributed by atoms with Crippen LogP contribution in [0.25, 0.3) is 10.8 Å². The van der Waals surface area contributed by atoms with Crippen LogP contribution in [0.1, 0.15) is 147 Å². The molecule has 0 aliphatic carbocycles. The summed E-state index contributed by atoms with van der Waals surface area (Å²) >= 11 is 4.28. The average molecular weight is 1790 g/mol. The third kappa shape index (κ3) is 33.6. The summed E-state index contributed by atoms with van der Waals surface area (Å²) in [5.41, 5.74) is 14.3. The van der Waals surface area contributed by atoms with Gasteiger partial charge in [-0.05, 0) is 114 Å². The van der Waals surface area contributed by atoms with Crippen molar-refractivity contribution in [3.8, 4) is 5.75 Å². The van der Waals surface area contributed by atoms with E-state index in [1.807, 2.05) is 24.5 Å². The lowest BCUT2D eigenvalue weighted by atomic mass is 9.81. The Bertz CT molecular complexity index is 4720. The van der Waals surface area contributed by atoms with Crippen molar-refractivity contribution in [3.63, 3.8) is 0 Å². The van der Waals surface area contributed by atoms with Crippen molar-refractivity contribution < 1.29 is 107 Å². The molecule has 1 aliphatic rings. The van der Waals surface area contributed by atoms with Crippen LogP contribution in [0.15, 0.2) is 115 Å². The van der Waals surface area contributed by atoms with Crippen LogP contribution in [0.2, 0.25) is 0 Å². The standard InChI is InChI=1S/C87H113N13O22S3/c1-10-54-44-124-42-52-30-51(41-123-9)31-53(32-52)43-125-45-58(75(89)111)37-69(103)74(87(6,7)8)100-86(122)67(40-73(109)110)99-83(119)64(34-50-24-26-59(101)27-25-50)96-82(118)63(33-49-18-13-12-14-19-49)97-85(121)66(39-72(107)108)98-81(117)61(11-2)93-77(113)47(4)90-76(112)46(3)92-80(116)57(35-56-22-17-21-55-20-15-16-23-60(55)56)36-68(102)62(28-29-71(105)106)94-84(120)65(38-70(88)104)95-78(114)48(5)91-79(54)115/h12-27,30-32,46-48,54,57-58,61-67,74,101H,10-11,28-29,33-45H2,1-9H3,(H2,88,104)(H2,89,111)(H,90,112)(H,91,115)(H,92,116)(H,93,113)(H,94,120)(H,95,114)(H,96,118)(H,97,121)(H,98,117)(H,99,119)(H,100,122)(H,105,106)(H,107,108)(H,109,110)/t46-,47+,48-,54+,57-,58+,61+,62+,63?,64+,65+,66+,67+,74-/m1/s1. The number of nitrogens with two attached hydrogens (primary N) is 2. The Morgan fingerprint density at radius 2 is 0.888 bits per heavy atom. The summed E-state index contributed by atoms with van der Waals surface area (Å²) in [4.78, 5) is 251. The Hall–Kier alpha value is -11.9. The van der Waals surface area contributed by atoms with Crippen molar-refractivity contribution in [2.24, 2.45) is 34.6 Å². The van der Waals surface area contributed by atoms with Crippen LogP contribution < -0.4 is 70.0 Å². The van der Waals surface area contributed by atoms with Crippen LogP contribution in [-0.2, 0) is 123 Å². The van der Waals surface area contributed by atoms with Gasteiger partial charge in [-0.3, -0.25) is 86.3 Å². The largest absolute Gasteiger partial charge is 0.508 e. The minimum Gasteiger partial charge on any atom is -0.508 e. The molecular weight excluding hydrogens is 1680 g/mol. The second-order valence-electron chi connectivity index (χ2n) is 31.9. The molecule has 1 heterocycles. The fraction of sp³-hybridized carbons (Fsp3) is 0.471. The fourth-order valence-electron chi connectivity index (χ4n) is 13.7. The molecule has 14 atom stereocenters. The van der Waals surface area contributed by atoms with E-state index in [1.165, 1.54) is 75.5 Å². The second-order valence-corrected chi connectivity index (χ2v) is 34.8. The molecule has 6 rings (SSSR count). The van der Waals surface area contributed by atoms with E-state index in [9.17, 15) is 107 Å². The van der Waals surface area contributed by atoms with Crippen LogP contribution >= 0.6 is 35.3 Å². The predicted molar refractivity (Wildman–Crippen MR) is 468 cm³/mol. The van der Waals surface area contributed by atoms with Crippen molar-refractivity contribution in [1.82, 2.24) is 58.5 Å². The summed E-state index contributed by atoms with van der Waals surface area (Å²) in [5.74, 6) is -21.3. The van der Waals surface area contributed by atoms with Gasteiger partial charge in [0, 0.05) is 72.7 Å². The summed E-state index contributed by atoms with van der Waals surface area (Å²) in [6, 6.07) is 13.1. The highest BCUT2D eigenvalue weighted by atomic mass is 32.2. The van der Waals surface area contributed by atoms with Gasteiger partial charge in [0.25, 0.3) is 0 Å². The lowest BCUT2D eigenvalue weighted by molar-refractivity contribution is -0.142. The maximum absolute atomic E-state index is 14.9. The summed E-state index contributed by atoms with van der Waals surface area (Å²) in [5, 5.41) is 69.2. The smallest absolute Gasteiger partial charge is 0.305 e. The van der Waals surface area contributed by atoms with E-state index in [4.69, 9.17) is 11.5 Å². The number of primary amides is 2. The molecule has 0 fully saturated rings. The van der Waals surface area contributed by atoms with Crippen molar-refractivity contribution in [3.05, 3.63) is 149 Å². The number of ketones is 2. The molecule has 0 radical (unpaired) electrons. The number of carboxylic acid groups (broad SMARTS) is 3. The number of carbonyl (C=O) groups excluding carboxylic acids is 15. The maximum Gasteiger partial charge on any atom is 0.305 e. The van der Waals surface area contributed by atoms with E-state index < -0.39 is 247 Å². The van der Waals surface area contributed by atoms with E-state index >= 15 is 0 Å². The molecule has 35 nitrogen and oxygen atoms in total. The van der Waals surface area contributed by atoms with E-state index in [0.717, 1.165) is 22.1 Å². The van der Waals surface area contributed by atoms with E-state index in [0.29, 0.717) is 40.2 Å². The van der Waals surface area contributed by atoms with E-state index in [-0.39, 0.29) is 42.1 Å². The summed E-state index contributed by atoms with van der Waals surface area (Å²) in [6.45, 7) is 11.8. The first-order valence-corrected chi connectivity index (χ1v) is 44.4. The number of amides is 13. The third-order valence-electron chi connectivity index (χ3n) is 20.6. The predicted octanol–water partition coefficient (Wildman–Crippen LogP) is 2.82. The van der Waals surface area contributed by atoms with E-state index in [2.05, 4.69) is 58.5 Å². The number of hydrogen-bond acceptors (Lipinski definition) is 22. The number of hydrogen-bond donors (Lipinski definition) is 17. The Morgan fingerprint density at radius 1 is 0.440 bits per heavy atom. The van der Waals surface area contributed by atoms with Crippen molar-refractivity contribution in [2.45, 2.75) is 216 Å². The molecule has 0 aromatic heterocycles. The quantitative estimate of drug-likeness (QED) is 0.0532. The molecule has 38 heteroatoms. The van der Waals surface area contributed by atoms with Crippen molar-refractivity contribution in [1.29, 1.82) is 0 Å². The van der Waals surface area contributed by atoms with Crippen molar-refractivity contribution in [2.75, 3.05) is 17.8 Å². The van der Waals surface area contributed by atoms with Crippen LogP contribution in [0.5, 0.6) is 5.75 Å². The highest BCUT2D eigenvalue weighted by Gasteiger charge is 2.41. The van der Waals surface area contributed by atoms with Gasteiger partial charge in [-0.15, -0.1) is 0 Å². The summed E-state index contributed by atoms with van der Waals surface area (Å²) < 4.78 is 0. The molecule has 0 saturated carbocycles. The topological polar surface area (TPSA) is 573 Å². The molecule has 0 saturated heterocycles. The lowest BCUT2D eigenvalue weighted by Gasteiger charge is -2.32. The molecule has 2 bridgehead atoms. The SMILES string of the molecule is CC[C@H]1CSCc2cc(CSC)cc(c2)CSC[C@@H](C(N)=O)CC(=O)[C@H](C(C)(C)C)NC(=O)[C@H](CC(=O)O)NC(=O)[C@H](Cc2ccc(O)cc2)NC(=O)C(Cc2ccccc2)NC(=O)[C@H](CC(=O)O)NC(=O)[C@H](CC)NC(=O)[C@H](C)NC(=O)[C@@H](C)NC(=O)[C@H](Cc2cccc3ccccc23)CC(=O)[C@H](CCC(=O)O)NC(=O)[C@H](CC(N)=O)NC(=O)[C@@H](C)NC1=O. The fourth-order valence-corrected chi connectivity index (χ4v) is 16.5. The molecule has 0 spiro atoms. The zero-order chi connectivity index (χ0) is 92.5. The Labute approximate surface area is 736 Å². The molecule has 13 amide bonds. The van der Waals surface area contributed by atoms with Gasteiger partial charge < -0.3 is 90.4 Å². The number of carboxylic acids is 3. The molecule has 5 aromatic rings. The highest BCUT2D eigenvalue weighted by molar-refractivity contribution is 7.98. The first-order chi connectivity index (χ1) is 59.1. The van der Waals surface area contributed by atoms with Crippen LogP contribution in [0.3, 0.4) is 0 Å². The second kappa shape index (κ2) is 49.5. The van der Waals surface area contributed by atoms with E-state index in [1.54, 1.807) is 112 Å². The number of aliphatic carboxylic acids is 3. The van der Waals surface area contributed by atoms with Gasteiger partial charge >= 0.3 is 17.9 Å². The molecule has 1 aliphatic heterocycles. The number of fused-ring (bicyclic) bond motifs is 3. The lowest BCUT2D eigenvalue weighted by Crippen LogP contribution is -2.61. The number of carbonyl (C=O) groups is 18. The Morgan fingerprint density at radius 3 is 1.40 bits per heavy atom. The van der Waals surface area contributed by atoms with Gasteiger partial charge in [-0.2, -0.15) is 35.3 Å². The molecule has 125 heavy (non-hydrogen) atoms. The minimum absolute atomic E-state index is 0.0164. The first kappa shape index (κ1) is 102. The van der Waals surface area contributed by atoms with Gasteiger partial charge in [0.1, 0.15) is 60.1 Å². The molecule has 1 unspecified atom stereocenters. The van der Waals surface area contributed by atoms with Crippen LogP contribution in [-0.4, -0.2) is 211 Å². The molecule has 676 valence electrons. The van der Waals surface area contributed by atoms with Gasteiger partial charge in [-0.25, -0.2) is 0 Å². The maximum atomic E-state index is 14.9. The normalized spacial score (nSPS) is 24.2. The number of thioether (sulfide) groups is 3. The number of phenols is 1. The first-order valence-electron chi connectivity index (χ1n) is 40.7.